The number of aryl methyl sites for hydroxylation is 2. The fraction of sp³-hybridized carbons (Fsp3) is 0.308. The molecule has 0 aliphatic heterocycles. The lowest BCUT2D eigenvalue weighted by atomic mass is 10.1. The van der Waals surface area contributed by atoms with Gasteiger partial charge in [-0.05, 0) is 31.0 Å². The van der Waals surface area contributed by atoms with Crippen molar-refractivity contribution in [1.82, 2.24) is 0 Å². The number of hydrogen-bond donors (Lipinski definition) is 0. The lowest BCUT2D eigenvalue weighted by molar-refractivity contribution is 0.414. The van der Waals surface area contributed by atoms with E-state index in [1.54, 1.807) is 7.11 Å². The topological polar surface area (TPSA) is 20.5 Å². The van der Waals surface area contributed by atoms with Crippen molar-refractivity contribution in [3.05, 3.63) is 35.6 Å². The second-order valence-electron chi connectivity index (χ2n) is 3.95. The summed E-state index contributed by atoms with van der Waals surface area (Å²) in [4.78, 5) is 0. The van der Waals surface area contributed by atoms with Gasteiger partial charge in [-0.1, -0.05) is 0 Å². The van der Waals surface area contributed by atoms with Crippen molar-refractivity contribution in [1.29, 1.82) is 0 Å². The summed E-state index contributed by atoms with van der Waals surface area (Å²) in [5.74, 6) is 2.00. The van der Waals surface area contributed by atoms with Gasteiger partial charge < -0.3 is 4.74 Å². The quantitative estimate of drug-likeness (QED) is 0.660. The molecular weight excluding hydrogens is 188 g/mol. The van der Waals surface area contributed by atoms with E-state index in [0.717, 1.165) is 35.3 Å². The normalized spacial score (nSPS) is 14.2. The molecule has 0 saturated carbocycles. The van der Waals surface area contributed by atoms with Crippen LogP contribution in [0.15, 0.2) is 28.7 Å². The molecule has 0 bridgehead atoms. The predicted molar refractivity (Wildman–Crippen MR) is 59.2 cm³/mol. The van der Waals surface area contributed by atoms with Crippen LogP contribution in [0.2, 0.25) is 0 Å². The summed E-state index contributed by atoms with van der Waals surface area (Å²) in [5, 5.41) is 1.16. The maximum atomic E-state index is 5.87. The van der Waals surface area contributed by atoms with Crippen molar-refractivity contribution in [3.8, 4) is 5.75 Å². The lowest BCUT2D eigenvalue weighted by Crippen LogP contribution is -1.85. The van der Waals surface area contributed by atoms with Crippen molar-refractivity contribution < 1.29 is 9.15 Å². The van der Waals surface area contributed by atoms with E-state index < -0.39 is 0 Å². The van der Waals surface area contributed by atoms with Gasteiger partial charge >= 0.3 is 11.3 Å². The molecule has 0 fully saturated rings. The standard InChI is InChI=1S/C13H13O2/c1-14-11-6-5-10-7-9-3-2-4-12(9)15-13(10)8-11/h5-8H,2-4H2,1H3/q+1. The van der Waals surface area contributed by atoms with E-state index in [0.29, 0.717) is 0 Å². The van der Waals surface area contributed by atoms with Crippen molar-refractivity contribution in [2.75, 3.05) is 7.11 Å². The van der Waals surface area contributed by atoms with Gasteiger partial charge in [-0.25, -0.2) is 4.42 Å². The Morgan fingerprint density at radius 2 is 2.13 bits per heavy atom. The fourth-order valence-corrected chi connectivity index (χ4v) is 2.18. The first kappa shape index (κ1) is 8.72. The number of methoxy groups -OCH3 is 1. The molecular formula is C13H13O2+. The lowest BCUT2D eigenvalue weighted by Gasteiger charge is -1.97. The molecule has 1 heterocycles. The van der Waals surface area contributed by atoms with E-state index in [1.165, 1.54) is 12.0 Å². The zero-order valence-corrected chi connectivity index (χ0v) is 8.75. The van der Waals surface area contributed by atoms with Crippen molar-refractivity contribution in [2.45, 2.75) is 19.3 Å². The molecule has 15 heavy (non-hydrogen) atoms. The highest BCUT2D eigenvalue weighted by Gasteiger charge is 2.24. The molecule has 0 N–H and O–H groups in total. The molecule has 2 aromatic rings. The van der Waals surface area contributed by atoms with Gasteiger partial charge in [0.1, 0.15) is 5.75 Å². The van der Waals surface area contributed by atoms with Crippen LogP contribution < -0.4 is 4.74 Å². The van der Waals surface area contributed by atoms with Crippen molar-refractivity contribution in [3.63, 3.8) is 0 Å². The maximum Gasteiger partial charge on any atom is 0.363 e. The summed E-state index contributed by atoms with van der Waals surface area (Å²) in [6.45, 7) is 0. The molecule has 0 saturated heterocycles. The molecule has 76 valence electrons. The summed E-state index contributed by atoms with van der Waals surface area (Å²) >= 11 is 0. The Hall–Kier alpha value is -1.57. The number of benzene rings is 1. The van der Waals surface area contributed by atoms with Crippen LogP contribution in [0.1, 0.15) is 17.7 Å². The predicted octanol–water partition coefficient (Wildman–Crippen LogP) is 3.21. The third-order valence-corrected chi connectivity index (χ3v) is 2.99. The van der Waals surface area contributed by atoms with Crippen molar-refractivity contribution >= 4 is 11.0 Å². The average molecular weight is 201 g/mol. The molecule has 2 heteroatoms. The molecule has 0 atom stereocenters. The molecule has 1 aliphatic rings. The van der Waals surface area contributed by atoms with Gasteiger partial charge in [0.05, 0.1) is 30.5 Å². The van der Waals surface area contributed by atoms with E-state index in [2.05, 4.69) is 12.1 Å². The Morgan fingerprint density at radius 1 is 1.20 bits per heavy atom. The highest BCUT2D eigenvalue weighted by molar-refractivity contribution is 5.79. The number of fused-ring (bicyclic) bond motifs is 2. The second kappa shape index (κ2) is 3.23. The van der Waals surface area contributed by atoms with E-state index in [4.69, 9.17) is 9.15 Å². The van der Waals surface area contributed by atoms with E-state index in [1.807, 2.05) is 12.1 Å². The van der Waals surface area contributed by atoms with Crippen LogP contribution in [0.4, 0.5) is 0 Å². The third-order valence-electron chi connectivity index (χ3n) is 2.99. The van der Waals surface area contributed by atoms with Gasteiger partial charge in [-0.2, -0.15) is 0 Å². The molecule has 3 rings (SSSR count). The molecule has 0 spiro atoms. The summed E-state index contributed by atoms with van der Waals surface area (Å²) in [6, 6.07) is 8.21. The molecule has 2 nitrogen and oxygen atoms in total. The van der Waals surface area contributed by atoms with Gasteiger partial charge in [0, 0.05) is 0 Å². The molecule has 1 aromatic carbocycles. The molecule has 0 radical (unpaired) electrons. The largest absolute Gasteiger partial charge is 0.496 e. The van der Waals surface area contributed by atoms with Gasteiger partial charge in [0.15, 0.2) is 0 Å². The number of rotatable bonds is 1. The van der Waals surface area contributed by atoms with Crippen LogP contribution in [-0.2, 0) is 12.8 Å². The molecule has 1 aromatic heterocycles. The van der Waals surface area contributed by atoms with Crippen LogP contribution in [0, 0.1) is 0 Å². The molecule has 1 aliphatic carbocycles. The smallest absolute Gasteiger partial charge is 0.363 e. The van der Waals surface area contributed by atoms with Gasteiger partial charge in [-0.3, -0.25) is 0 Å². The summed E-state index contributed by atoms with van der Waals surface area (Å²) in [7, 11) is 1.68. The molecule has 0 unspecified atom stereocenters. The Kier molecular flexibility index (Phi) is 1.88. The first-order valence-electron chi connectivity index (χ1n) is 5.29. The fourth-order valence-electron chi connectivity index (χ4n) is 2.18. The number of hydrogen-bond acceptors (Lipinski definition) is 1. The SMILES string of the molecule is COc1ccc2cc3c([o+]c2c1)CCC3. The Bertz CT molecular complexity index is 517. The minimum absolute atomic E-state index is 0.851. The van der Waals surface area contributed by atoms with Crippen molar-refractivity contribution in [2.24, 2.45) is 0 Å². The van der Waals surface area contributed by atoms with E-state index in [9.17, 15) is 0 Å². The van der Waals surface area contributed by atoms with Crippen LogP contribution in [0.5, 0.6) is 5.75 Å². The van der Waals surface area contributed by atoms with Crippen LogP contribution in [0.25, 0.3) is 11.0 Å². The van der Waals surface area contributed by atoms with Crippen LogP contribution in [-0.4, -0.2) is 7.11 Å². The minimum Gasteiger partial charge on any atom is -0.496 e. The van der Waals surface area contributed by atoms with E-state index in [-0.39, 0.29) is 0 Å². The average Bonchev–Trinajstić information content (AvgIpc) is 2.72. The number of ether oxygens (including phenoxy) is 1. The van der Waals surface area contributed by atoms with Gasteiger partial charge in [0.25, 0.3) is 0 Å². The summed E-state index contributed by atoms with van der Waals surface area (Å²) in [5.41, 5.74) is 2.29. The summed E-state index contributed by atoms with van der Waals surface area (Å²) in [6.07, 6.45) is 3.44. The summed E-state index contributed by atoms with van der Waals surface area (Å²) < 4.78 is 11.0. The van der Waals surface area contributed by atoms with Crippen LogP contribution >= 0.6 is 0 Å². The third kappa shape index (κ3) is 1.37. The molecule has 0 amide bonds. The zero-order valence-electron chi connectivity index (χ0n) is 8.75. The van der Waals surface area contributed by atoms with Gasteiger partial charge in [0.2, 0.25) is 0 Å². The van der Waals surface area contributed by atoms with E-state index >= 15 is 0 Å². The Labute approximate surface area is 88.5 Å². The highest BCUT2D eigenvalue weighted by Crippen LogP contribution is 2.29. The first-order valence-corrected chi connectivity index (χ1v) is 5.29. The second-order valence-corrected chi connectivity index (χ2v) is 3.95. The zero-order chi connectivity index (χ0) is 10.3. The highest BCUT2D eigenvalue weighted by atomic mass is 16.5. The Balaban J connectivity index is 2.24. The first-order chi connectivity index (χ1) is 7.36. The monoisotopic (exact) mass is 201 g/mol. The van der Waals surface area contributed by atoms with Gasteiger partial charge in [-0.15, -0.1) is 0 Å². The van der Waals surface area contributed by atoms with Crippen LogP contribution in [0.3, 0.4) is 0 Å². The Morgan fingerprint density at radius 3 is 3.00 bits per heavy atom. The minimum atomic E-state index is 0.851. The maximum absolute atomic E-state index is 5.87.